The molecule has 6 nitrogen and oxygen atoms in total. The molecule has 7 heteroatoms. The van der Waals surface area contributed by atoms with E-state index in [0.717, 1.165) is 5.69 Å². The number of alkyl halides is 1. The van der Waals surface area contributed by atoms with E-state index in [2.05, 4.69) is 15.3 Å². The number of aryl methyl sites for hydroxylation is 2. The van der Waals surface area contributed by atoms with Crippen molar-refractivity contribution in [2.75, 3.05) is 6.61 Å². The summed E-state index contributed by atoms with van der Waals surface area (Å²) in [6.07, 6.45) is 2.43. The zero-order valence-corrected chi connectivity index (χ0v) is 11.9. The van der Waals surface area contributed by atoms with Crippen LogP contribution in [0.3, 0.4) is 0 Å². The van der Waals surface area contributed by atoms with Crippen LogP contribution in [-0.2, 0) is 23.6 Å². The Balaban J connectivity index is 2.10. The standard InChI is InChI=1S/C13H15ClN4O2/c1-2-20-13(19)12-11(9-14)18(17-16-12)8-6-10-5-3-4-7-15-10/h3-5,7H,2,6,8-9H2,1H3. The molecule has 20 heavy (non-hydrogen) atoms. The van der Waals surface area contributed by atoms with E-state index in [9.17, 15) is 4.79 Å². The Morgan fingerprint density at radius 1 is 1.45 bits per heavy atom. The molecule has 0 fully saturated rings. The Morgan fingerprint density at radius 3 is 2.95 bits per heavy atom. The molecule has 0 N–H and O–H groups in total. The van der Waals surface area contributed by atoms with E-state index < -0.39 is 5.97 Å². The van der Waals surface area contributed by atoms with E-state index in [1.54, 1.807) is 17.8 Å². The van der Waals surface area contributed by atoms with Crippen molar-refractivity contribution in [2.45, 2.75) is 25.8 Å². The molecule has 2 heterocycles. The Labute approximate surface area is 121 Å². The van der Waals surface area contributed by atoms with Crippen molar-refractivity contribution in [3.05, 3.63) is 41.5 Å². The molecular formula is C13H15ClN4O2. The van der Waals surface area contributed by atoms with Gasteiger partial charge in [-0.3, -0.25) is 4.98 Å². The monoisotopic (exact) mass is 294 g/mol. The molecule has 0 bridgehead atoms. The van der Waals surface area contributed by atoms with Crippen LogP contribution in [-0.4, -0.2) is 32.6 Å². The molecule has 0 atom stereocenters. The number of hydrogen-bond acceptors (Lipinski definition) is 5. The van der Waals surface area contributed by atoms with Crippen LogP contribution in [0.5, 0.6) is 0 Å². The lowest BCUT2D eigenvalue weighted by atomic mass is 10.2. The predicted octanol–water partition coefficient (Wildman–Crippen LogP) is 1.83. The minimum Gasteiger partial charge on any atom is -0.461 e. The number of aromatic nitrogens is 4. The summed E-state index contributed by atoms with van der Waals surface area (Å²) in [7, 11) is 0. The van der Waals surface area contributed by atoms with E-state index in [1.807, 2.05) is 18.2 Å². The summed E-state index contributed by atoms with van der Waals surface area (Å²) in [5.74, 6) is -0.337. The van der Waals surface area contributed by atoms with Crippen LogP contribution in [0.4, 0.5) is 0 Å². The molecule has 0 aromatic carbocycles. The van der Waals surface area contributed by atoms with Gasteiger partial charge in [-0.25, -0.2) is 9.48 Å². The van der Waals surface area contributed by atoms with Crippen LogP contribution >= 0.6 is 11.6 Å². The van der Waals surface area contributed by atoms with Gasteiger partial charge in [-0.15, -0.1) is 16.7 Å². The van der Waals surface area contributed by atoms with E-state index in [1.165, 1.54) is 0 Å². The quantitative estimate of drug-likeness (QED) is 0.600. The van der Waals surface area contributed by atoms with Crippen LogP contribution in [0.1, 0.15) is 28.8 Å². The van der Waals surface area contributed by atoms with Gasteiger partial charge in [0.2, 0.25) is 0 Å². The highest BCUT2D eigenvalue weighted by Crippen LogP contribution is 2.11. The van der Waals surface area contributed by atoms with Gasteiger partial charge in [-0.2, -0.15) is 0 Å². The van der Waals surface area contributed by atoms with Crippen LogP contribution in [0.2, 0.25) is 0 Å². The zero-order valence-electron chi connectivity index (χ0n) is 11.1. The maximum Gasteiger partial charge on any atom is 0.360 e. The molecule has 0 aliphatic heterocycles. The smallest absolute Gasteiger partial charge is 0.360 e. The van der Waals surface area contributed by atoms with Crippen LogP contribution < -0.4 is 0 Å². The fraction of sp³-hybridized carbons (Fsp3) is 0.385. The van der Waals surface area contributed by atoms with Crippen molar-refractivity contribution in [2.24, 2.45) is 0 Å². The van der Waals surface area contributed by atoms with E-state index >= 15 is 0 Å². The normalized spacial score (nSPS) is 10.5. The zero-order chi connectivity index (χ0) is 14.4. The molecule has 0 saturated heterocycles. The highest BCUT2D eigenvalue weighted by molar-refractivity contribution is 6.17. The topological polar surface area (TPSA) is 69.9 Å². The van der Waals surface area contributed by atoms with Crippen molar-refractivity contribution < 1.29 is 9.53 Å². The fourth-order valence-corrected chi connectivity index (χ4v) is 2.03. The van der Waals surface area contributed by atoms with Crippen molar-refractivity contribution in [1.29, 1.82) is 0 Å². The van der Waals surface area contributed by atoms with Gasteiger partial charge < -0.3 is 4.74 Å². The van der Waals surface area contributed by atoms with Crippen LogP contribution in [0, 0.1) is 0 Å². The molecule has 0 spiro atoms. The lowest BCUT2D eigenvalue weighted by molar-refractivity contribution is 0.0518. The molecule has 0 saturated carbocycles. The molecular weight excluding hydrogens is 280 g/mol. The second-order valence-corrected chi connectivity index (χ2v) is 4.30. The summed E-state index contributed by atoms with van der Waals surface area (Å²) in [5.41, 5.74) is 1.70. The number of carbonyl (C=O) groups is 1. The summed E-state index contributed by atoms with van der Waals surface area (Å²) in [6.45, 7) is 2.59. The average molecular weight is 295 g/mol. The van der Waals surface area contributed by atoms with Gasteiger partial charge in [0.05, 0.1) is 18.2 Å². The summed E-state index contributed by atoms with van der Waals surface area (Å²) in [6, 6.07) is 5.72. The molecule has 0 unspecified atom stereocenters. The van der Waals surface area contributed by atoms with Gasteiger partial charge >= 0.3 is 5.97 Å². The van der Waals surface area contributed by atoms with E-state index in [-0.39, 0.29) is 11.6 Å². The van der Waals surface area contributed by atoms with Gasteiger partial charge in [0.25, 0.3) is 0 Å². The average Bonchev–Trinajstić information content (AvgIpc) is 2.89. The third-order valence-corrected chi connectivity index (χ3v) is 2.99. The van der Waals surface area contributed by atoms with Crippen LogP contribution in [0.15, 0.2) is 24.4 Å². The molecule has 0 radical (unpaired) electrons. The van der Waals surface area contributed by atoms with Gasteiger partial charge in [0, 0.05) is 24.9 Å². The van der Waals surface area contributed by atoms with E-state index in [0.29, 0.717) is 25.3 Å². The lowest BCUT2D eigenvalue weighted by Crippen LogP contribution is -2.11. The summed E-state index contributed by atoms with van der Waals surface area (Å²) in [5, 5.41) is 7.81. The maximum absolute atomic E-state index is 11.7. The minimum absolute atomic E-state index is 0.156. The predicted molar refractivity (Wildman–Crippen MR) is 73.5 cm³/mol. The minimum atomic E-state index is -0.493. The van der Waals surface area contributed by atoms with Gasteiger partial charge in [-0.1, -0.05) is 11.3 Å². The fourth-order valence-electron chi connectivity index (χ4n) is 1.77. The number of rotatable bonds is 6. The molecule has 2 aromatic heterocycles. The molecule has 2 rings (SSSR count). The second kappa shape index (κ2) is 7.00. The van der Waals surface area contributed by atoms with Crippen LogP contribution in [0.25, 0.3) is 0 Å². The first-order valence-electron chi connectivity index (χ1n) is 6.31. The molecule has 0 amide bonds. The van der Waals surface area contributed by atoms with Gasteiger partial charge in [0.1, 0.15) is 0 Å². The Morgan fingerprint density at radius 2 is 2.30 bits per heavy atom. The number of halogens is 1. The number of carbonyl (C=O) groups excluding carboxylic acids is 1. The van der Waals surface area contributed by atoms with Crippen molar-refractivity contribution in [1.82, 2.24) is 20.0 Å². The van der Waals surface area contributed by atoms with Crippen molar-refractivity contribution in [3.8, 4) is 0 Å². The number of esters is 1. The Bertz CT molecular complexity index is 571. The SMILES string of the molecule is CCOC(=O)c1nnn(CCc2ccccn2)c1CCl. The molecule has 106 valence electrons. The number of ether oxygens (including phenoxy) is 1. The van der Waals surface area contributed by atoms with Crippen molar-refractivity contribution >= 4 is 17.6 Å². The first-order valence-corrected chi connectivity index (χ1v) is 6.85. The molecule has 0 aliphatic rings. The first-order chi connectivity index (χ1) is 9.76. The number of pyridine rings is 1. The highest BCUT2D eigenvalue weighted by atomic mass is 35.5. The largest absolute Gasteiger partial charge is 0.461 e. The number of nitrogens with zero attached hydrogens (tertiary/aromatic N) is 4. The van der Waals surface area contributed by atoms with Gasteiger partial charge in [0.15, 0.2) is 5.69 Å². The molecule has 2 aromatic rings. The Hall–Kier alpha value is -1.95. The lowest BCUT2D eigenvalue weighted by Gasteiger charge is -2.05. The second-order valence-electron chi connectivity index (χ2n) is 4.03. The van der Waals surface area contributed by atoms with Crippen molar-refractivity contribution in [3.63, 3.8) is 0 Å². The van der Waals surface area contributed by atoms with E-state index in [4.69, 9.17) is 16.3 Å². The summed E-state index contributed by atoms with van der Waals surface area (Å²) in [4.78, 5) is 15.9. The maximum atomic E-state index is 11.7. The summed E-state index contributed by atoms with van der Waals surface area (Å²) < 4.78 is 6.54. The number of hydrogen-bond donors (Lipinski definition) is 0. The third kappa shape index (κ3) is 3.33. The highest BCUT2D eigenvalue weighted by Gasteiger charge is 2.19. The first kappa shape index (κ1) is 14.5. The summed E-state index contributed by atoms with van der Waals surface area (Å²) >= 11 is 5.88. The molecule has 0 aliphatic carbocycles. The van der Waals surface area contributed by atoms with Gasteiger partial charge in [-0.05, 0) is 19.1 Å². The Kier molecular flexibility index (Phi) is 5.06. The third-order valence-electron chi connectivity index (χ3n) is 2.74.